The lowest BCUT2D eigenvalue weighted by Crippen LogP contribution is -2.20. The zero-order chi connectivity index (χ0) is 14.1. The molecule has 1 aromatic carbocycles. The number of nitrogens with zero attached hydrogens (tertiary/aromatic N) is 3. The molecule has 0 amide bonds. The van der Waals surface area contributed by atoms with E-state index in [1.807, 2.05) is 25.1 Å². The number of hydrogen-bond donors (Lipinski definition) is 1. The van der Waals surface area contributed by atoms with Crippen molar-refractivity contribution in [2.45, 2.75) is 22.8 Å². The molecular formula is C13H12N4OS2. The number of thiazole rings is 1. The van der Waals surface area contributed by atoms with Gasteiger partial charge in [0.2, 0.25) is 0 Å². The summed E-state index contributed by atoms with van der Waals surface area (Å²) in [6, 6.07) is 5.59. The number of aryl methyl sites for hydroxylation is 1. The average Bonchev–Trinajstić information content (AvgIpc) is 2.82. The molecule has 20 heavy (non-hydrogen) atoms. The Morgan fingerprint density at radius 1 is 1.45 bits per heavy atom. The minimum Gasteiger partial charge on any atom is -0.399 e. The van der Waals surface area contributed by atoms with Crippen LogP contribution in [-0.2, 0) is 6.54 Å². The van der Waals surface area contributed by atoms with E-state index in [2.05, 4.69) is 9.97 Å². The number of fused-ring (bicyclic) bond motifs is 1. The summed E-state index contributed by atoms with van der Waals surface area (Å²) < 4.78 is 3.43. The molecule has 0 aliphatic rings. The lowest BCUT2D eigenvalue weighted by Gasteiger charge is -2.02. The Hall–Kier alpha value is -1.86. The first-order chi connectivity index (χ1) is 9.67. The van der Waals surface area contributed by atoms with Gasteiger partial charge in [-0.1, -0.05) is 0 Å². The van der Waals surface area contributed by atoms with Crippen LogP contribution in [0.2, 0.25) is 0 Å². The predicted molar refractivity (Wildman–Crippen MR) is 82.3 cm³/mol. The summed E-state index contributed by atoms with van der Waals surface area (Å²) in [7, 11) is 0. The van der Waals surface area contributed by atoms with Crippen LogP contribution in [0, 0.1) is 0 Å². The van der Waals surface area contributed by atoms with E-state index in [0.29, 0.717) is 17.3 Å². The maximum atomic E-state index is 12.1. The first-order valence-electron chi connectivity index (χ1n) is 6.06. The molecule has 0 aliphatic carbocycles. The highest BCUT2D eigenvalue weighted by atomic mass is 32.2. The van der Waals surface area contributed by atoms with E-state index in [9.17, 15) is 4.79 Å². The first kappa shape index (κ1) is 13.1. The Balaban J connectivity index is 1.99. The van der Waals surface area contributed by atoms with Gasteiger partial charge < -0.3 is 10.3 Å². The summed E-state index contributed by atoms with van der Waals surface area (Å²) in [5.41, 5.74) is 7.27. The molecule has 2 aromatic heterocycles. The van der Waals surface area contributed by atoms with Crippen molar-refractivity contribution < 1.29 is 0 Å². The third-order valence-corrected chi connectivity index (χ3v) is 4.85. The Kier molecular flexibility index (Phi) is 3.45. The SMILES string of the molecule is CCn1ccnc(Sc2nc3ccc(N)cc3s2)c1=O. The molecule has 0 unspecified atom stereocenters. The maximum absolute atomic E-state index is 12.1. The molecule has 0 aliphatic heterocycles. The van der Waals surface area contributed by atoms with Crippen LogP contribution in [0.25, 0.3) is 10.2 Å². The minimum atomic E-state index is -0.0845. The molecule has 0 fully saturated rings. The highest BCUT2D eigenvalue weighted by Crippen LogP contribution is 2.32. The summed E-state index contributed by atoms with van der Waals surface area (Å²) in [5.74, 6) is 0. The second-order valence-electron chi connectivity index (χ2n) is 4.13. The molecule has 3 rings (SSSR count). The van der Waals surface area contributed by atoms with E-state index in [1.54, 1.807) is 17.0 Å². The van der Waals surface area contributed by atoms with Crippen molar-refractivity contribution in [1.82, 2.24) is 14.5 Å². The lowest BCUT2D eigenvalue weighted by atomic mass is 10.3. The smallest absolute Gasteiger partial charge is 0.283 e. The van der Waals surface area contributed by atoms with Gasteiger partial charge in [-0.15, -0.1) is 11.3 Å². The molecule has 7 heteroatoms. The van der Waals surface area contributed by atoms with Gasteiger partial charge in [-0.3, -0.25) is 4.79 Å². The Morgan fingerprint density at radius 2 is 2.30 bits per heavy atom. The standard InChI is InChI=1S/C13H12N4OS2/c1-2-17-6-5-15-11(12(17)18)20-13-16-9-4-3-8(14)7-10(9)19-13/h3-7H,2,14H2,1H3. The van der Waals surface area contributed by atoms with Crippen LogP contribution in [0.1, 0.15) is 6.92 Å². The van der Waals surface area contributed by atoms with Crippen molar-refractivity contribution >= 4 is 39.0 Å². The number of hydrogen-bond acceptors (Lipinski definition) is 6. The molecule has 5 nitrogen and oxygen atoms in total. The monoisotopic (exact) mass is 304 g/mol. The number of nitrogen functional groups attached to an aromatic ring is 1. The fraction of sp³-hybridized carbons (Fsp3) is 0.154. The van der Waals surface area contributed by atoms with Gasteiger partial charge in [-0.05, 0) is 36.9 Å². The molecular weight excluding hydrogens is 292 g/mol. The van der Waals surface area contributed by atoms with Crippen LogP contribution in [0.3, 0.4) is 0 Å². The summed E-state index contributed by atoms with van der Waals surface area (Å²) >= 11 is 2.81. The van der Waals surface area contributed by atoms with Gasteiger partial charge in [0.25, 0.3) is 5.56 Å². The van der Waals surface area contributed by atoms with Crippen LogP contribution >= 0.6 is 23.1 Å². The van der Waals surface area contributed by atoms with E-state index in [-0.39, 0.29) is 5.56 Å². The Bertz CT molecular complexity index is 825. The summed E-state index contributed by atoms with van der Waals surface area (Å²) in [5, 5.41) is 0.446. The highest BCUT2D eigenvalue weighted by molar-refractivity contribution is 8.01. The summed E-state index contributed by atoms with van der Waals surface area (Å²) in [6.07, 6.45) is 3.32. The number of anilines is 1. The number of rotatable bonds is 3. The van der Waals surface area contributed by atoms with Crippen molar-refractivity contribution in [3.8, 4) is 0 Å². The van der Waals surface area contributed by atoms with Crippen molar-refractivity contribution in [3.05, 3.63) is 40.9 Å². The van der Waals surface area contributed by atoms with Gasteiger partial charge in [0.1, 0.15) is 0 Å². The molecule has 0 saturated heterocycles. The largest absolute Gasteiger partial charge is 0.399 e. The van der Waals surface area contributed by atoms with E-state index in [1.165, 1.54) is 23.1 Å². The lowest BCUT2D eigenvalue weighted by molar-refractivity contribution is 0.692. The number of benzene rings is 1. The van der Waals surface area contributed by atoms with Crippen LogP contribution in [0.5, 0.6) is 0 Å². The quantitative estimate of drug-likeness (QED) is 0.753. The van der Waals surface area contributed by atoms with Gasteiger partial charge in [0.05, 0.1) is 10.2 Å². The Labute approximate surface area is 123 Å². The predicted octanol–water partition coefficient (Wildman–Crippen LogP) is 2.61. The van der Waals surface area contributed by atoms with Crippen molar-refractivity contribution in [1.29, 1.82) is 0 Å². The normalized spacial score (nSPS) is 11.1. The van der Waals surface area contributed by atoms with Gasteiger partial charge in [0, 0.05) is 24.6 Å². The van der Waals surface area contributed by atoms with Crippen LogP contribution in [0.15, 0.2) is 44.8 Å². The molecule has 0 saturated carbocycles. The third-order valence-electron chi connectivity index (χ3n) is 2.80. The second kappa shape index (κ2) is 5.26. The fourth-order valence-electron chi connectivity index (χ4n) is 1.79. The number of aromatic nitrogens is 3. The fourth-order valence-corrected chi connectivity index (χ4v) is 3.84. The molecule has 102 valence electrons. The van der Waals surface area contributed by atoms with E-state index < -0.39 is 0 Å². The molecule has 3 aromatic rings. The van der Waals surface area contributed by atoms with Gasteiger partial charge in [-0.2, -0.15) is 0 Å². The van der Waals surface area contributed by atoms with Crippen LogP contribution < -0.4 is 11.3 Å². The summed E-state index contributed by atoms with van der Waals surface area (Å²) in [6.45, 7) is 2.56. The van der Waals surface area contributed by atoms with Crippen LogP contribution in [-0.4, -0.2) is 14.5 Å². The van der Waals surface area contributed by atoms with E-state index in [4.69, 9.17) is 5.73 Å². The highest BCUT2D eigenvalue weighted by Gasteiger charge is 2.10. The molecule has 0 bridgehead atoms. The zero-order valence-corrected chi connectivity index (χ0v) is 12.4. The Morgan fingerprint density at radius 3 is 3.10 bits per heavy atom. The average molecular weight is 304 g/mol. The van der Waals surface area contributed by atoms with Gasteiger partial charge in [-0.25, -0.2) is 9.97 Å². The zero-order valence-electron chi connectivity index (χ0n) is 10.7. The van der Waals surface area contributed by atoms with Gasteiger partial charge >= 0.3 is 0 Å². The van der Waals surface area contributed by atoms with E-state index >= 15 is 0 Å². The van der Waals surface area contributed by atoms with Crippen molar-refractivity contribution in [3.63, 3.8) is 0 Å². The molecule has 0 radical (unpaired) electrons. The maximum Gasteiger partial charge on any atom is 0.283 e. The van der Waals surface area contributed by atoms with Crippen molar-refractivity contribution in [2.24, 2.45) is 0 Å². The van der Waals surface area contributed by atoms with Crippen molar-refractivity contribution in [2.75, 3.05) is 5.73 Å². The first-order valence-corrected chi connectivity index (χ1v) is 7.70. The molecule has 2 heterocycles. The molecule has 0 spiro atoms. The number of nitrogens with two attached hydrogens (primary N) is 1. The summed E-state index contributed by atoms with van der Waals surface area (Å²) in [4.78, 5) is 20.7. The molecule has 2 N–H and O–H groups in total. The minimum absolute atomic E-state index is 0.0845. The molecule has 0 atom stereocenters. The van der Waals surface area contributed by atoms with Crippen LogP contribution in [0.4, 0.5) is 5.69 Å². The second-order valence-corrected chi connectivity index (χ2v) is 6.40. The third kappa shape index (κ3) is 2.41. The van der Waals surface area contributed by atoms with Gasteiger partial charge in [0.15, 0.2) is 9.37 Å². The van der Waals surface area contributed by atoms with E-state index in [0.717, 1.165) is 14.6 Å². The topological polar surface area (TPSA) is 73.8 Å².